The molecule has 3 fully saturated rings. The quantitative estimate of drug-likeness (QED) is 0.116. The van der Waals surface area contributed by atoms with E-state index in [-0.39, 0.29) is 131 Å². The molecule has 5 rings (SSSR count). The summed E-state index contributed by atoms with van der Waals surface area (Å²) in [5.74, 6) is -7.93. The highest BCUT2D eigenvalue weighted by Crippen LogP contribution is 2.22. The van der Waals surface area contributed by atoms with Crippen LogP contribution in [-0.2, 0) is 60.8 Å². The fourth-order valence-corrected chi connectivity index (χ4v) is 9.61. The summed E-state index contributed by atoms with van der Waals surface area (Å²) in [6.45, 7) is 5.78. The molecule has 28 heteroatoms. The van der Waals surface area contributed by atoms with E-state index in [2.05, 4.69) is 42.5 Å². The minimum absolute atomic E-state index is 0. The summed E-state index contributed by atoms with van der Waals surface area (Å²) < 4.78 is 0. The minimum Gasteiger partial charge on any atom is -0.342 e. The zero-order valence-electron chi connectivity index (χ0n) is 45.5. The highest BCUT2D eigenvalue weighted by molar-refractivity contribution is 8.93. The molecule has 0 aliphatic carbocycles. The number of carbonyl (C=O) groups is 10. The van der Waals surface area contributed by atoms with Gasteiger partial charge in [0.2, 0.25) is 59.1 Å². The number of nitrogens with two attached hydrogens (primary N) is 4. The lowest BCUT2D eigenvalue weighted by atomic mass is 10.0. The van der Waals surface area contributed by atoms with Crippen molar-refractivity contribution in [1.29, 1.82) is 0 Å². The van der Waals surface area contributed by atoms with E-state index >= 15 is 0 Å². The van der Waals surface area contributed by atoms with Crippen molar-refractivity contribution in [3.8, 4) is 0 Å². The molecule has 2 aromatic rings. The molecule has 0 saturated carbocycles. The maximum absolute atomic E-state index is 14.6. The summed E-state index contributed by atoms with van der Waals surface area (Å²) >= 11 is 0. The Morgan fingerprint density at radius 2 is 0.637 bits per heavy atom. The van der Waals surface area contributed by atoms with E-state index < -0.39 is 146 Å². The molecule has 10 amide bonds. The van der Waals surface area contributed by atoms with Crippen LogP contribution in [0.2, 0.25) is 0 Å². The molecule has 2 aromatic carbocycles. The van der Waals surface area contributed by atoms with Gasteiger partial charge in [-0.05, 0) is 61.5 Å². The molecule has 3 aliphatic rings. The summed E-state index contributed by atoms with van der Waals surface area (Å²) in [5.41, 5.74) is 25.6. The summed E-state index contributed by atoms with van der Waals surface area (Å²) in [4.78, 5) is 144. The standard InChI is InChI=1S/C52H78N14O10.4BrH/c1-29(2)21-33-43(67)61-37(25-53)47(71)59-35(23-31-13-7-5-8-14-31)51(75)66-20-12-18-42(66)50(74)64-40(28-56)46(70)58-34(22-30(3)4)44(68)62-38(26-54)48(72)60-36(24-32-15-9-6-10-16-32)52(76)65-19-11-17-41(65)49(73)63-39(27-55)45(69)57-33;;;;/h5-10,13-16,29-30,33-42H,11-12,17-28,53-56H2,1-4H3,(H,57,69)(H,58,70)(H,59,71)(H,60,72)(H,61,67)(H,62,68)(H,63,73)(H,64,74);4*1H/t33-,34-,35+,36+,37-,38-,39-,40-,41-,42-;;;;/m0..../s1. The Hall–Kier alpha value is -5.10. The number of halogens is 4. The maximum Gasteiger partial charge on any atom is 0.246 e. The van der Waals surface area contributed by atoms with Crippen LogP contribution in [0.25, 0.3) is 0 Å². The Morgan fingerprint density at radius 3 is 0.912 bits per heavy atom. The molecule has 0 aromatic heterocycles. The van der Waals surface area contributed by atoms with Crippen LogP contribution in [0, 0.1) is 11.8 Å². The van der Waals surface area contributed by atoms with Crippen molar-refractivity contribution < 1.29 is 47.9 Å². The first-order chi connectivity index (χ1) is 36.3. The zero-order valence-corrected chi connectivity index (χ0v) is 52.4. The highest BCUT2D eigenvalue weighted by Gasteiger charge is 2.42. The van der Waals surface area contributed by atoms with Gasteiger partial charge in [-0.25, -0.2) is 0 Å². The van der Waals surface area contributed by atoms with Crippen LogP contribution in [-0.4, -0.2) is 169 Å². The van der Waals surface area contributed by atoms with Gasteiger partial charge in [0.15, 0.2) is 0 Å². The van der Waals surface area contributed by atoms with Gasteiger partial charge in [-0.2, -0.15) is 0 Å². The van der Waals surface area contributed by atoms with E-state index in [9.17, 15) is 47.9 Å². The third-order valence-corrected chi connectivity index (χ3v) is 13.6. The van der Waals surface area contributed by atoms with Crippen molar-refractivity contribution in [2.24, 2.45) is 34.8 Å². The predicted molar refractivity (Wildman–Crippen MR) is 322 cm³/mol. The fourth-order valence-electron chi connectivity index (χ4n) is 9.61. The van der Waals surface area contributed by atoms with Gasteiger partial charge in [-0.3, -0.25) is 47.9 Å². The molecular weight excluding hydrogens is 1300 g/mol. The van der Waals surface area contributed by atoms with Gasteiger partial charge in [0, 0.05) is 52.1 Å². The summed E-state index contributed by atoms with van der Waals surface area (Å²) in [6, 6.07) is 4.67. The fraction of sp³-hybridized carbons (Fsp3) is 0.577. The maximum atomic E-state index is 14.6. The number of rotatable bonds is 12. The second-order valence-electron chi connectivity index (χ2n) is 20.5. The number of amides is 10. The molecule has 24 nitrogen and oxygen atoms in total. The third kappa shape index (κ3) is 20.7. The van der Waals surface area contributed by atoms with Crippen LogP contribution in [0.15, 0.2) is 60.7 Å². The van der Waals surface area contributed by atoms with E-state index in [0.717, 1.165) is 0 Å². The number of nitrogens with one attached hydrogen (secondary N) is 8. The normalized spacial score (nSPS) is 26.2. The lowest BCUT2D eigenvalue weighted by Crippen LogP contribution is -2.63. The van der Waals surface area contributed by atoms with E-state index in [0.29, 0.717) is 24.0 Å². The molecule has 0 unspecified atom stereocenters. The van der Waals surface area contributed by atoms with Crippen molar-refractivity contribution in [2.45, 2.75) is 139 Å². The Balaban J connectivity index is 0.00000800. The molecule has 3 aliphatic heterocycles. The van der Waals surface area contributed by atoms with Gasteiger partial charge in [-0.1, -0.05) is 88.4 Å². The molecule has 80 heavy (non-hydrogen) atoms. The number of hydrogen-bond acceptors (Lipinski definition) is 14. The van der Waals surface area contributed by atoms with Gasteiger partial charge < -0.3 is 75.3 Å². The van der Waals surface area contributed by atoms with E-state index in [1.54, 1.807) is 60.7 Å². The molecular formula is C52H82Br4N14O10. The van der Waals surface area contributed by atoms with Gasteiger partial charge in [0.05, 0.1) is 0 Å². The number of hydrogen-bond donors (Lipinski definition) is 12. The van der Waals surface area contributed by atoms with Crippen LogP contribution in [0.4, 0.5) is 0 Å². The first-order valence-corrected chi connectivity index (χ1v) is 26.2. The van der Waals surface area contributed by atoms with Crippen molar-refractivity contribution in [3.05, 3.63) is 71.8 Å². The van der Waals surface area contributed by atoms with Crippen molar-refractivity contribution in [2.75, 3.05) is 39.3 Å². The first-order valence-electron chi connectivity index (χ1n) is 26.2. The highest BCUT2D eigenvalue weighted by atomic mass is 79.9. The van der Waals surface area contributed by atoms with Crippen LogP contribution in [0.5, 0.6) is 0 Å². The van der Waals surface area contributed by atoms with Gasteiger partial charge >= 0.3 is 0 Å². The third-order valence-electron chi connectivity index (χ3n) is 13.6. The topological polar surface area (TPSA) is 377 Å². The van der Waals surface area contributed by atoms with E-state index in [1.807, 2.05) is 27.7 Å². The lowest BCUT2D eigenvalue weighted by Gasteiger charge is -2.32. The Bertz CT molecular complexity index is 2220. The Kier molecular flexibility index (Phi) is 32.5. The smallest absolute Gasteiger partial charge is 0.246 e. The molecule has 448 valence electrons. The Labute approximate surface area is 509 Å². The average molecular weight is 1380 g/mol. The van der Waals surface area contributed by atoms with E-state index in [4.69, 9.17) is 22.9 Å². The largest absolute Gasteiger partial charge is 0.342 e. The van der Waals surface area contributed by atoms with Crippen molar-refractivity contribution >= 4 is 127 Å². The van der Waals surface area contributed by atoms with E-state index in [1.165, 1.54) is 9.80 Å². The monoisotopic (exact) mass is 1380 g/mol. The molecule has 0 spiro atoms. The number of benzene rings is 2. The summed E-state index contributed by atoms with van der Waals surface area (Å²) in [5, 5.41) is 21.3. The second kappa shape index (κ2) is 35.7. The molecule has 0 bridgehead atoms. The lowest BCUT2D eigenvalue weighted by molar-refractivity contribution is -0.143. The Morgan fingerprint density at radius 1 is 0.388 bits per heavy atom. The van der Waals surface area contributed by atoms with Crippen LogP contribution >= 0.6 is 67.9 Å². The second-order valence-corrected chi connectivity index (χ2v) is 20.5. The van der Waals surface area contributed by atoms with Gasteiger partial charge in [0.1, 0.15) is 60.4 Å². The van der Waals surface area contributed by atoms with Crippen LogP contribution in [0.1, 0.15) is 77.3 Å². The zero-order chi connectivity index (χ0) is 55.6. The average Bonchev–Trinajstić information content (AvgIpc) is 4.10. The molecule has 3 saturated heterocycles. The minimum atomic E-state index is -1.42. The molecule has 0 radical (unpaired) electrons. The van der Waals surface area contributed by atoms with Gasteiger partial charge in [-0.15, -0.1) is 67.9 Å². The van der Waals surface area contributed by atoms with Crippen LogP contribution in [0.3, 0.4) is 0 Å². The van der Waals surface area contributed by atoms with Crippen molar-refractivity contribution in [3.63, 3.8) is 0 Å². The van der Waals surface area contributed by atoms with Crippen molar-refractivity contribution in [1.82, 2.24) is 52.3 Å². The SMILES string of the molecule is Br.Br.Br.Br.CC(C)C[C@@H]1NC(=O)[C@H](CN)NC(=O)[C@@H]2CCCN2C(=O)[C@@H](Cc2ccccc2)NC(=O)[C@H](CN)NC(=O)[C@H](CC(C)C)NC(=O)[C@H](CN)NC(=O)[C@@H]2CCCN2C(=O)[C@@H](Cc2ccccc2)NC(=O)[C@H](CN)NC1=O. The van der Waals surface area contributed by atoms with Gasteiger partial charge in [0.25, 0.3) is 0 Å². The predicted octanol–water partition coefficient (Wildman–Crippen LogP) is -1.42. The number of nitrogens with zero attached hydrogens (tertiary/aromatic N) is 2. The summed E-state index contributed by atoms with van der Waals surface area (Å²) in [7, 11) is 0. The summed E-state index contributed by atoms with van der Waals surface area (Å²) in [6.07, 6.45) is 1.27. The number of fused-ring (bicyclic) bond motifs is 2. The molecule has 3 heterocycles. The number of carbonyl (C=O) groups excluding carboxylic acids is 10. The first kappa shape index (κ1) is 72.9. The molecule has 16 N–H and O–H groups in total. The molecule has 10 atom stereocenters. The van der Waals surface area contributed by atoms with Crippen LogP contribution < -0.4 is 65.5 Å².